The number of carbonyl (C=O) groups excluding carboxylic acids is 1. The Morgan fingerprint density at radius 3 is 2.67 bits per heavy atom. The molecular weight excluding hydrogens is 198 g/mol. The molecule has 0 spiro atoms. The van der Waals surface area contributed by atoms with E-state index >= 15 is 0 Å². The molecule has 1 heterocycles. The molecule has 0 saturated carbocycles. The van der Waals surface area contributed by atoms with Gasteiger partial charge in [0.05, 0.1) is 18.0 Å². The number of hydrogen-bond donors (Lipinski definition) is 0. The molecule has 0 N–H and O–H groups in total. The van der Waals surface area contributed by atoms with Gasteiger partial charge in [-0.15, -0.1) is 4.91 Å². The van der Waals surface area contributed by atoms with E-state index in [4.69, 9.17) is 4.74 Å². The molecule has 82 valence electrons. The molecule has 0 aliphatic carbocycles. The maximum atomic E-state index is 11.2. The van der Waals surface area contributed by atoms with E-state index in [1.807, 2.05) is 0 Å². The topological polar surface area (TPSA) is 73.6 Å². The van der Waals surface area contributed by atoms with Crippen LogP contribution in [-0.2, 0) is 16.1 Å². The second-order valence-corrected chi connectivity index (χ2v) is 3.07. The largest absolute Gasteiger partial charge is 0.465 e. The Labute approximate surface area is 87.2 Å². The van der Waals surface area contributed by atoms with E-state index < -0.39 is 0 Å². The number of aryl methyl sites for hydroxylation is 1. The van der Waals surface area contributed by atoms with Gasteiger partial charge >= 0.3 is 5.97 Å². The monoisotopic (exact) mass is 211 g/mol. The van der Waals surface area contributed by atoms with Crippen LogP contribution in [0.1, 0.15) is 18.3 Å². The first-order valence-corrected chi connectivity index (χ1v) is 4.63. The van der Waals surface area contributed by atoms with Crippen molar-refractivity contribution in [2.75, 3.05) is 6.61 Å². The van der Waals surface area contributed by atoms with Gasteiger partial charge in [-0.25, -0.2) is 0 Å². The van der Waals surface area contributed by atoms with E-state index in [1.165, 1.54) is 4.68 Å². The molecule has 0 atom stereocenters. The van der Waals surface area contributed by atoms with Crippen LogP contribution < -0.4 is 0 Å². The molecule has 0 aromatic carbocycles. The molecule has 0 saturated heterocycles. The van der Waals surface area contributed by atoms with Crippen molar-refractivity contribution in [1.29, 1.82) is 0 Å². The summed E-state index contributed by atoms with van der Waals surface area (Å²) in [5.74, 6) is -0.374. The Hall–Kier alpha value is -1.72. The van der Waals surface area contributed by atoms with Gasteiger partial charge in [-0.1, -0.05) is 0 Å². The van der Waals surface area contributed by atoms with Crippen LogP contribution in [0.5, 0.6) is 0 Å². The van der Waals surface area contributed by atoms with Gasteiger partial charge < -0.3 is 4.74 Å². The maximum absolute atomic E-state index is 11.2. The fraction of sp³-hybridized carbons (Fsp3) is 0.556. The van der Waals surface area contributed by atoms with E-state index in [9.17, 15) is 9.70 Å². The molecule has 0 unspecified atom stereocenters. The summed E-state index contributed by atoms with van der Waals surface area (Å²) >= 11 is 0. The van der Waals surface area contributed by atoms with E-state index in [-0.39, 0.29) is 12.5 Å². The quantitative estimate of drug-likeness (QED) is 0.558. The number of rotatable bonds is 4. The lowest BCUT2D eigenvalue weighted by atomic mass is 10.3. The highest BCUT2D eigenvalue weighted by molar-refractivity contribution is 5.69. The minimum atomic E-state index is -0.374. The van der Waals surface area contributed by atoms with Gasteiger partial charge in [-0.3, -0.25) is 9.48 Å². The number of hydrogen-bond acceptors (Lipinski definition) is 5. The second-order valence-electron chi connectivity index (χ2n) is 3.07. The maximum Gasteiger partial charge on any atom is 0.327 e. The normalized spacial score (nSPS) is 10.1. The predicted molar refractivity (Wildman–Crippen MR) is 53.8 cm³/mol. The van der Waals surface area contributed by atoms with E-state index in [0.29, 0.717) is 23.7 Å². The molecule has 15 heavy (non-hydrogen) atoms. The smallest absolute Gasteiger partial charge is 0.327 e. The number of nitrogens with zero attached hydrogens (tertiary/aromatic N) is 3. The van der Waals surface area contributed by atoms with Crippen LogP contribution in [0.25, 0.3) is 0 Å². The van der Waals surface area contributed by atoms with Crippen molar-refractivity contribution in [2.45, 2.75) is 27.3 Å². The number of nitroso groups, excluding NO2 is 1. The summed E-state index contributed by atoms with van der Waals surface area (Å²) in [6.07, 6.45) is 0. The zero-order valence-corrected chi connectivity index (χ0v) is 8.98. The molecule has 6 heteroatoms. The molecule has 0 amide bonds. The molecule has 1 aromatic heterocycles. The Balaban J connectivity index is 2.87. The van der Waals surface area contributed by atoms with Gasteiger partial charge in [0.1, 0.15) is 6.54 Å². The summed E-state index contributed by atoms with van der Waals surface area (Å²) < 4.78 is 6.20. The zero-order valence-electron chi connectivity index (χ0n) is 8.98. The first-order chi connectivity index (χ1) is 7.10. The highest BCUT2D eigenvalue weighted by Gasteiger charge is 2.14. The summed E-state index contributed by atoms with van der Waals surface area (Å²) in [6.45, 7) is 5.44. The van der Waals surface area contributed by atoms with Gasteiger partial charge in [-0.05, 0) is 25.9 Å². The molecule has 0 radical (unpaired) electrons. The minimum absolute atomic E-state index is 0.00995. The lowest BCUT2D eigenvalue weighted by Gasteiger charge is -2.03. The predicted octanol–water partition coefficient (Wildman–Crippen LogP) is 1.46. The van der Waals surface area contributed by atoms with Gasteiger partial charge in [0.25, 0.3) is 0 Å². The number of carbonyl (C=O) groups is 1. The van der Waals surface area contributed by atoms with Crippen molar-refractivity contribution in [1.82, 2.24) is 9.78 Å². The fourth-order valence-corrected chi connectivity index (χ4v) is 1.30. The Morgan fingerprint density at radius 1 is 1.53 bits per heavy atom. The Kier molecular flexibility index (Phi) is 3.54. The number of aromatic nitrogens is 2. The van der Waals surface area contributed by atoms with Crippen LogP contribution in [0, 0.1) is 18.8 Å². The van der Waals surface area contributed by atoms with Crippen LogP contribution >= 0.6 is 0 Å². The standard InChI is InChI=1S/C9H13N3O3/c1-4-15-8(13)5-12-7(3)9(11-14)6(2)10-12/h4-5H2,1-3H3. The molecule has 1 rings (SSSR count). The van der Waals surface area contributed by atoms with Crippen molar-refractivity contribution in [3.63, 3.8) is 0 Å². The summed E-state index contributed by atoms with van der Waals surface area (Å²) in [7, 11) is 0. The van der Waals surface area contributed by atoms with Crippen molar-refractivity contribution < 1.29 is 9.53 Å². The summed E-state index contributed by atoms with van der Waals surface area (Å²) in [4.78, 5) is 21.6. The van der Waals surface area contributed by atoms with Gasteiger partial charge in [0, 0.05) is 0 Å². The third-order valence-corrected chi connectivity index (χ3v) is 2.02. The fourth-order valence-electron chi connectivity index (χ4n) is 1.30. The lowest BCUT2D eigenvalue weighted by molar-refractivity contribution is -0.144. The van der Waals surface area contributed by atoms with Crippen LogP contribution in [0.15, 0.2) is 5.18 Å². The zero-order chi connectivity index (χ0) is 11.4. The van der Waals surface area contributed by atoms with Crippen LogP contribution in [0.4, 0.5) is 5.69 Å². The molecule has 0 aliphatic rings. The van der Waals surface area contributed by atoms with Crippen LogP contribution in [0.3, 0.4) is 0 Å². The van der Waals surface area contributed by atoms with Crippen molar-refractivity contribution in [3.05, 3.63) is 16.3 Å². The average Bonchev–Trinajstić information content (AvgIpc) is 2.42. The third kappa shape index (κ3) is 2.39. The first kappa shape index (κ1) is 11.4. The molecule has 0 bridgehead atoms. The summed E-state index contributed by atoms with van der Waals surface area (Å²) in [5.41, 5.74) is 1.39. The van der Waals surface area contributed by atoms with E-state index in [1.54, 1.807) is 20.8 Å². The van der Waals surface area contributed by atoms with Gasteiger partial charge in [0.2, 0.25) is 0 Å². The third-order valence-electron chi connectivity index (χ3n) is 2.02. The number of ether oxygens (including phenoxy) is 1. The van der Waals surface area contributed by atoms with Crippen LogP contribution in [0.2, 0.25) is 0 Å². The Bertz CT molecular complexity index is 384. The first-order valence-electron chi connectivity index (χ1n) is 4.63. The van der Waals surface area contributed by atoms with Crippen molar-refractivity contribution in [2.24, 2.45) is 5.18 Å². The number of esters is 1. The van der Waals surface area contributed by atoms with Gasteiger partial charge in [-0.2, -0.15) is 5.10 Å². The highest BCUT2D eigenvalue weighted by Crippen LogP contribution is 2.21. The molecular formula is C9H13N3O3. The molecule has 0 aliphatic heterocycles. The van der Waals surface area contributed by atoms with E-state index in [2.05, 4.69) is 10.3 Å². The Morgan fingerprint density at radius 2 is 2.20 bits per heavy atom. The minimum Gasteiger partial charge on any atom is -0.465 e. The van der Waals surface area contributed by atoms with E-state index in [0.717, 1.165) is 0 Å². The molecule has 6 nitrogen and oxygen atoms in total. The summed E-state index contributed by atoms with van der Waals surface area (Å²) in [5, 5.41) is 6.88. The highest BCUT2D eigenvalue weighted by atomic mass is 16.5. The molecule has 1 aromatic rings. The average molecular weight is 211 g/mol. The van der Waals surface area contributed by atoms with Crippen molar-refractivity contribution >= 4 is 11.7 Å². The van der Waals surface area contributed by atoms with Gasteiger partial charge in [0.15, 0.2) is 5.69 Å². The second kappa shape index (κ2) is 4.68. The molecule has 0 fully saturated rings. The summed E-state index contributed by atoms with van der Waals surface area (Å²) in [6, 6.07) is 0. The van der Waals surface area contributed by atoms with Crippen LogP contribution in [-0.4, -0.2) is 22.4 Å². The van der Waals surface area contributed by atoms with Crippen molar-refractivity contribution in [3.8, 4) is 0 Å². The SMILES string of the molecule is CCOC(=O)Cn1nc(C)c(N=O)c1C. The lowest BCUT2D eigenvalue weighted by Crippen LogP contribution is -2.15.